The Morgan fingerprint density at radius 3 is 0.882 bits per heavy atom. The number of allylic oxidation sites excluding steroid dienone is 18. The lowest BCUT2D eigenvalue weighted by Crippen LogP contribution is -2.30. The number of hydrogen-bond acceptors (Lipinski definition) is 6. The molecule has 0 saturated heterocycles. The van der Waals surface area contributed by atoms with Crippen molar-refractivity contribution in [2.75, 3.05) is 13.2 Å². The topological polar surface area (TPSA) is 78.9 Å². The van der Waals surface area contributed by atoms with Crippen LogP contribution in [-0.2, 0) is 28.6 Å². The van der Waals surface area contributed by atoms with Crippen molar-refractivity contribution in [2.24, 2.45) is 0 Å². The molecule has 0 aliphatic heterocycles. The highest BCUT2D eigenvalue weighted by atomic mass is 16.6. The second-order valence-corrected chi connectivity index (χ2v) is 20.9. The first-order chi connectivity index (χ1) is 37.5. The van der Waals surface area contributed by atoms with Crippen LogP contribution in [0.4, 0.5) is 0 Å². The second kappa shape index (κ2) is 63.6. The van der Waals surface area contributed by atoms with Gasteiger partial charge >= 0.3 is 17.9 Å². The third-order valence-electron chi connectivity index (χ3n) is 13.5. The fourth-order valence-electron chi connectivity index (χ4n) is 8.84. The quantitative estimate of drug-likeness (QED) is 0.0261. The zero-order chi connectivity index (χ0) is 55.0. The summed E-state index contributed by atoms with van der Waals surface area (Å²) in [5.74, 6) is -0.975. The van der Waals surface area contributed by atoms with Gasteiger partial charge in [0.05, 0.1) is 0 Å². The number of unbranched alkanes of at least 4 members (excludes halogenated alkanes) is 28. The van der Waals surface area contributed by atoms with E-state index in [0.29, 0.717) is 19.3 Å². The second-order valence-electron chi connectivity index (χ2n) is 20.9. The molecule has 0 aromatic rings. The Labute approximate surface area is 470 Å². The van der Waals surface area contributed by atoms with Gasteiger partial charge < -0.3 is 14.2 Å². The van der Waals surface area contributed by atoms with Gasteiger partial charge in [-0.15, -0.1) is 0 Å². The summed E-state index contributed by atoms with van der Waals surface area (Å²) in [6.07, 6.45) is 86.9. The standard InChI is InChI=1S/C70H118O6/c1-4-7-10-13-16-19-22-25-27-29-30-31-32-33-34-35-36-37-38-39-40-41-43-45-48-51-54-57-60-63-69(72)75-66-67(65-74-68(71)62-59-56-53-50-47-44-24-21-18-15-12-9-6-3)76-70(73)64-61-58-55-52-49-46-42-28-26-23-20-17-14-11-8-5-2/h7,9-10,12,16,18-19,21,25,27,30-31,33-34,44,47,53,56,67H,4-6,8,11,13-15,17,20,22-24,26,28-29,32,35-43,45-46,48-52,54-55,57-66H2,1-3H3/b10-7-,12-9-,19-16-,21-18-,27-25-,31-30-,34-33-,47-44-,56-53-. The highest BCUT2D eigenvalue weighted by Crippen LogP contribution is 2.17. The van der Waals surface area contributed by atoms with Crippen LogP contribution in [-0.4, -0.2) is 37.2 Å². The van der Waals surface area contributed by atoms with Crippen LogP contribution in [0.15, 0.2) is 109 Å². The van der Waals surface area contributed by atoms with E-state index in [0.717, 1.165) is 96.3 Å². The summed E-state index contributed by atoms with van der Waals surface area (Å²) < 4.78 is 16.8. The summed E-state index contributed by atoms with van der Waals surface area (Å²) in [4.78, 5) is 38.2. The maximum absolute atomic E-state index is 12.9. The van der Waals surface area contributed by atoms with Crippen molar-refractivity contribution in [2.45, 2.75) is 303 Å². The van der Waals surface area contributed by atoms with E-state index in [-0.39, 0.29) is 37.5 Å². The number of rotatable bonds is 57. The van der Waals surface area contributed by atoms with Gasteiger partial charge in [-0.2, -0.15) is 0 Å². The highest BCUT2D eigenvalue weighted by molar-refractivity contribution is 5.71. The molecule has 0 spiro atoms. The molecule has 434 valence electrons. The molecule has 1 atom stereocenters. The number of carbonyl (C=O) groups is 3. The van der Waals surface area contributed by atoms with Crippen molar-refractivity contribution < 1.29 is 28.6 Å². The molecule has 0 bridgehead atoms. The van der Waals surface area contributed by atoms with Gasteiger partial charge in [-0.05, 0) is 89.9 Å². The molecule has 0 rings (SSSR count). The molecule has 0 heterocycles. The van der Waals surface area contributed by atoms with E-state index < -0.39 is 6.10 Å². The predicted molar refractivity (Wildman–Crippen MR) is 330 cm³/mol. The van der Waals surface area contributed by atoms with Crippen LogP contribution < -0.4 is 0 Å². The molecule has 0 radical (unpaired) electrons. The molecule has 0 saturated carbocycles. The van der Waals surface area contributed by atoms with Crippen LogP contribution in [0.5, 0.6) is 0 Å². The van der Waals surface area contributed by atoms with Crippen LogP contribution in [0.3, 0.4) is 0 Å². The third kappa shape index (κ3) is 60.9. The van der Waals surface area contributed by atoms with Gasteiger partial charge in [0, 0.05) is 19.3 Å². The summed E-state index contributed by atoms with van der Waals surface area (Å²) >= 11 is 0. The van der Waals surface area contributed by atoms with Gasteiger partial charge in [0.1, 0.15) is 13.2 Å². The smallest absolute Gasteiger partial charge is 0.306 e. The number of ether oxygens (including phenoxy) is 3. The van der Waals surface area contributed by atoms with E-state index >= 15 is 0 Å². The van der Waals surface area contributed by atoms with Crippen LogP contribution >= 0.6 is 0 Å². The van der Waals surface area contributed by atoms with E-state index in [1.807, 2.05) is 6.08 Å². The fourth-order valence-corrected chi connectivity index (χ4v) is 8.84. The zero-order valence-corrected chi connectivity index (χ0v) is 49.7. The Balaban J connectivity index is 4.28. The van der Waals surface area contributed by atoms with E-state index in [2.05, 4.69) is 124 Å². The van der Waals surface area contributed by atoms with E-state index in [1.165, 1.54) is 154 Å². The molecule has 6 heteroatoms. The van der Waals surface area contributed by atoms with Crippen LogP contribution in [0.1, 0.15) is 297 Å². The molecular weight excluding hydrogens is 937 g/mol. The Hall–Kier alpha value is -3.93. The molecular formula is C70H118O6. The first-order valence-electron chi connectivity index (χ1n) is 31.9. The molecule has 0 fully saturated rings. The maximum atomic E-state index is 12.9. The first-order valence-corrected chi connectivity index (χ1v) is 31.9. The van der Waals surface area contributed by atoms with E-state index in [1.54, 1.807) is 0 Å². The minimum atomic E-state index is -0.806. The Bertz CT molecular complexity index is 1540. The first kappa shape index (κ1) is 72.1. The molecule has 0 aliphatic rings. The van der Waals surface area contributed by atoms with Gasteiger partial charge in [-0.25, -0.2) is 0 Å². The SMILES string of the molecule is CC/C=C\C/C=C\C/C=C\C/C=C\C/C=C\CCCCCCCCCCCCCCCC(=O)OCC(COC(=O)CC/C=C\C/C=C\C/C=C\C/C=C\CC)OC(=O)CCCCCCCCCCCCCCCCCC. The van der Waals surface area contributed by atoms with Gasteiger partial charge in [0.2, 0.25) is 0 Å². The highest BCUT2D eigenvalue weighted by Gasteiger charge is 2.19. The Morgan fingerprint density at radius 1 is 0.276 bits per heavy atom. The van der Waals surface area contributed by atoms with Crippen LogP contribution in [0.25, 0.3) is 0 Å². The maximum Gasteiger partial charge on any atom is 0.306 e. The number of hydrogen-bond donors (Lipinski definition) is 0. The summed E-state index contributed by atoms with van der Waals surface area (Å²) in [6, 6.07) is 0. The monoisotopic (exact) mass is 1050 g/mol. The van der Waals surface area contributed by atoms with Crippen molar-refractivity contribution in [1.29, 1.82) is 0 Å². The van der Waals surface area contributed by atoms with Gasteiger partial charge in [-0.3, -0.25) is 14.4 Å². The lowest BCUT2D eigenvalue weighted by molar-refractivity contribution is -0.166. The minimum absolute atomic E-state index is 0.0984. The van der Waals surface area contributed by atoms with Gasteiger partial charge in [-0.1, -0.05) is 297 Å². The summed E-state index contributed by atoms with van der Waals surface area (Å²) in [5, 5.41) is 0. The van der Waals surface area contributed by atoms with Crippen molar-refractivity contribution in [1.82, 2.24) is 0 Å². The molecule has 0 aromatic carbocycles. The normalized spacial score (nSPS) is 12.8. The predicted octanol–water partition coefficient (Wildman–Crippen LogP) is 21.8. The summed E-state index contributed by atoms with van der Waals surface area (Å²) in [5.41, 5.74) is 0. The molecule has 6 nitrogen and oxygen atoms in total. The van der Waals surface area contributed by atoms with Crippen molar-refractivity contribution in [3.63, 3.8) is 0 Å². The molecule has 1 unspecified atom stereocenters. The van der Waals surface area contributed by atoms with Gasteiger partial charge in [0.25, 0.3) is 0 Å². The molecule has 0 N–H and O–H groups in total. The van der Waals surface area contributed by atoms with E-state index in [9.17, 15) is 14.4 Å². The van der Waals surface area contributed by atoms with Gasteiger partial charge in [0.15, 0.2) is 6.10 Å². The zero-order valence-electron chi connectivity index (χ0n) is 49.7. The minimum Gasteiger partial charge on any atom is -0.462 e. The van der Waals surface area contributed by atoms with Crippen molar-refractivity contribution >= 4 is 17.9 Å². The fraction of sp³-hybridized carbons (Fsp3) is 0.700. The van der Waals surface area contributed by atoms with Crippen LogP contribution in [0.2, 0.25) is 0 Å². The lowest BCUT2D eigenvalue weighted by atomic mass is 10.0. The third-order valence-corrected chi connectivity index (χ3v) is 13.5. The lowest BCUT2D eigenvalue weighted by Gasteiger charge is -2.18. The molecule has 0 aliphatic carbocycles. The average molecular weight is 1060 g/mol. The average Bonchev–Trinajstić information content (AvgIpc) is 3.42. The molecule has 76 heavy (non-hydrogen) atoms. The number of carbonyl (C=O) groups excluding carboxylic acids is 3. The summed E-state index contributed by atoms with van der Waals surface area (Å²) in [7, 11) is 0. The number of esters is 3. The van der Waals surface area contributed by atoms with E-state index in [4.69, 9.17) is 14.2 Å². The molecule has 0 aromatic heterocycles. The largest absolute Gasteiger partial charge is 0.462 e. The van der Waals surface area contributed by atoms with Crippen molar-refractivity contribution in [3.8, 4) is 0 Å². The Morgan fingerprint density at radius 2 is 0.539 bits per heavy atom. The van der Waals surface area contributed by atoms with Crippen LogP contribution in [0, 0.1) is 0 Å². The molecule has 0 amide bonds. The van der Waals surface area contributed by atoms with Crippen molar-refractivity contribution in [3.05, 3.63) is 109 Å². The Kier molecular flexibility index (Phi) is 60.3. The summed E-state index contributed by atoms with van der Waals surface area (Å²) in [6.45, 7) is 6.37.